The van der Waals surface area contributed by atoms with E-state index in [0.717, 1.165) is 38.0 Å². The van der Waals surface area contributed by atoms with Crippen LogP contribution in [-0.4, -0.2) is 49.9 Å². The molecule has 126 valence electrons. The monoisotopic (exact) mass is 318 g/mol. The first-order valence-corrected chi connectivity index (χ1v) is 8.30. The summed E-state index contributed by atoms with van der Waals surface area (Å²) in [4.78, 5) is 19.4. The minimum atomic E-state index is -0.0734. The minimum absolute atomic E-state index is 0.000769. The van der Waals surface area contributed by atoms with Crippen molar-refractivity contribution < 1.29 is 14.4 Å². The molecular weight excluding hydrogens is 292 g/mol. The zero-order valence-corrected chi connectivity index (χ0v) is 14.0. The van der Waals surface area contributed by atoms with Gasteiger partial charge in [-0.1, -0.05) is 29.4 Å². The number of hydrogen-bond acceptors (Lipinski definition) is 5. The van der Waals surface area contributed by atoms with Gasteiger partial charge < -0.3 is 9.57 Å². The average Bonchev–Trinajstić information content (AvgIpc) is 2.57. The maximum absolute atomic E-state index is 11.8. The number of hydrogen-bond donors (Lipinski definition) is 0. The van der Waals surface area contributed by atoms with Crippen LogP contribution in [0, 0.1) is 12.8 Å². The standard InChI is InChI=1S/C18H26N2O3/c1-3-22-18(21)17-9-6-10-20(14-17)11-12-23-19-13-16-8-5-4-7-15(16)2/h4-5,7-8,13,17H,3,6,9-12,14H2,1-2H3/b19-13+/t17-/m1/s1. The van der Waals surface area contributed by atoms with Crippen molar-refractivity contribution in [3.8, 4) is 0 Å². The predicted molar refractivity (Wildman–Crippen MR) is 90.5 cm³/mol. The van der Waals surface area contributed by atoms with E-state index in [0.29, 0.717) is 13.2 Å². The molecule has 1 saturated heterocycles. The third kappa shape index (κ3) is 5.67. The molecule has 1 heterocycles. The van der Waals surface area contributed by atoms with E-state index < -0.39 is 0 Å². The molecular formula is C18H26N2O3. The Balaban J connectivity index is 1.70. The van der Waals surface area contributed by atoms with Crippen LogP contribution in [0.25, 0.3) is 0 Å². The molecule has 0 aromatic heterocycles. The number of benzene rings is 1. The van der Waals surface area contributed by atoms with Gasteiger partial charge in [0.05, 0.1) is 18.7 Å². The molecule has 5 nitrogen and oxygen atoms in total. The molecule has 1 atom stereocenters. The van der Waals surface area contributed by atoms with Crippen molar-refractivity contribution in [3.63, 3.8) is 0 Å². The molecule has 0 aliphatic carbocycles. The van der Waals surface area contributed by atoms with Crippen LogP contribution < -0.4 is 0 Å². The van der Waals surface area contributed by atoms with Crippen molar-refractivity contribution in [2.75, 3.05) is 32.8 Å². The molecule has 0 radical (unpaired) electrons. The third-order valence-corrected chi connectivity index (χ3v) is 4.08. The Morgan fingerprint density at radius 3 is 3.04 bits per heavy atom. The fourth-order valence-corrected chi connectivity index (χ4v) is 2.76. The Bertz CT molecular complexity index is 531. The number of ether oxygens (including phenoxy) is 1. The molecule has 1 aromatic carbocycles. The molecule has 1 fully saturated rings. The Hall–Kier alpha value is -1.88. The number of aryl methyl sites for hydroxylation is 1. The number of likely N-dealkylation sites (tertiary alicyclic amines) is 1. The molecule has 0 amide bonds. The van der Waals surface area contributed by atoms with Gasteiger partial charge >= 0.3 is 5.97 Å². The van der Waals surface area contributed by atoms with Crippen molar-refractivity contribution in [3.05, 3.63) is 35.4 Å². The summed E-state index contributed by atoms with van der Waals surface area (Å²) in [5, 5.41) is 4.03. The summed E-state index contributed by atoms with van der Waals surface area (Å²) in [5.74, 6) is -0.0742. The molecule has 1 aliphatic rings. The van der Waals surface area contributed by atoms with Crippen LogP contribution in [0.5, 0.6) is 0 Å². The lowest BCUT2D eigenvalue weighted by atomic mass is 9.98. The maximum Gasteiger partial charge on any atom is 0.310 e. The highest BCUT2D eigenvalue weighted by Gasteiger charge is 2.26. The van der Waals surface area contributed by atoms with Gasteiger partial charge in [-0.15, -0.1) is 0 Å². The molecule has 2 rings (SSSR count). The number of oxime groups is 1. The molecule has 1 aromatic rings. The van der Waals surface area contributed by atoms with Crippen molar-refractivity contribution in [2.24, 2.45) is 11.1 Å². The fourth-order valence-electron chi connectivity index (χ4n) is 2.76. The smallest absolute Gasteiger partial charge is 0.310 e. The van der Waals surface area contributed by atoms with Crippen LogP contribution >= 0.6 is 0 Å². The Morgan fingerprint density at radius 2 is 2.26 bits per heavy atom. The second kappa shape index (κ2) is 9.30. The highest BCUT2D eigenvalue weighted by molar-refractivity contribution is 5.81. The molecule has 0 saturated carbocycles. The molecule has 0 N–H and O–H groups in total. The highest BCUT2D eigenvalue weighted by atomic mass is 16.6. The molecule has 0 unspecified atom stereocenters. The summed E-state index contributed by atoms with van der Waals surface area (Å²) in [5.41, 5.74) is 2.24. The van der Waals surface area contributed by atoms with Crippen LogP contribution in [0.2, 0.25) is 0 Å². The van der Waals surface area contributed by atoms with Gasteiger partial charge in [0.1, 0.15) is 6.61 Å². The normalized spacial score (nSPS) is 19.0. The lowest BCUT2D eigenvalue weighted by Crippen LogP contribution is -2.40. The van der Waals surface area contributed by atoms with Gasteiger partial charge in [-0.3, -0.25) is 9.69 Å². The van der Waals surface area contributed by atoms with Gasteiger partial charge in [0, 0.05) is 13.1 Å². The molecule has 0 bridgehead atoms. The van der Waals surface area contributed by atoms with Gasteiger partial charge in [0.25, 0.3) is 0 Å². The van der Waals surface area contributed by atoms with Crippen molar-refractivity contribution in [1.29, 1.82) is 0 Å². The largest absolute Gasteiger partial charge is 0.466 e. The number of nitrogens with zero attached hydrogens (tertiary/aromatic N) is 2. The fraction of sp³-hybridized carbons (Fsp3) is 0.556. The summed E-state index contributed by atoms with van der Waals surface area (Å²) in [6, 6.07) is 8.04. The lowest BCUT2D eigenvalue weighted by molar-refractivity contribution is -0.150. The summed E-state index contributed by atoms with van der Waals surface area (Å²) in [6.07, 6.45) is 3.69. The quantitative estimate of drug-likeness (QED) is 0.336. The van der Waals surface area contributed by atoms with Gasteiger partial charge in [0.2, 0.25) is 0 Å². The van der Waals surface area contributed by atoms with E-state index in [1.54, 1.807) is 6.21 Å². The third-order valence-electron chi connectivity index (χ3n) is 4.08. The zero-order valence-electron chi connectivity index (χ0n) is 14.0. The highest BCUT2D eigenvalue weighted by Crippen LogP contribution is 2.17. The molecule has 1 aliphatic heterocycles. The zero-order chi connectivity index (χ0) is 16.5. The van der Waals surface area contributed by atoms with Crippen molar-refractivity contribution in [1.82, 2.24) is 4.90 Å². The van der Waals surface area contributed by atoms with Crippen molar-refractivity contribution in [2.45, 2.75) is 26.7 Å². The molecule has 5 heteroatoms. The summed E-state index contributed by atoms with van der Waals surface area (Å²) < 4.78 is 5.11. The van der Waals surface area contributed by atoms with E-state index in [1.807, 2.05) is 38.1 Å². The van der Waals surface area contributed by atoms with Crippen LogP contribution in [0.15, 0.2) is 29.4 Å². The summed E-state index contributed by atoms with van der Waals surface area (Å²) in [7, 11) is 0. The van der Waals surface area contributed by atoms with Gasteiger partial charge in [-0.2, -0.15) is 0 Å². The Labute approximate surface area is 138 Å². The summed E-state index contributed by atoms with van der Waals surface area (Å²) >= 11 is 0. The number of carbonyl (C=O) groups excluding carboxylic acids is 1. The predicted octanol–water partition coefficient (Wildman–Crippen LogP) is 2.62. The topological polar surface area (TPSA) is 51.1 Å². The average molecular weight is 318 g/mol. The van der Waals surface area contributed by atoms with Gasteiger partial charge in [-0.25, -0.2) is 0 Å². The van der Waals surface area contributed by atoms with E-state index in [-0.39, 0.29) is 11.9 Å². The number of esters is 1. The van der Waals surface area contributed by atoms with E-state index >= 15 is 0 Å². The first kappa shape index (κ1) is 17.5. The second-order valence-electron chi connectivity index (χ2n) is 5.82. The second-order valence-corrected chi connectivity index (χ2v) is 5.82. The molecule has 23 heavy (non-hydrogen) atoms. The first-order chi connectivity index (χ1) is 11.2. The first-order valence-electron chi connectivity index (χ1n) is 8.30. The molecule has 0 spiro atoms. The van der Waals surface area contributed by atoms with E-state index in [1.165, 1.54) is 5.56 Å². The van der Waals surface area contributed by atoms with E-state index in [4.69, 9.17) is 9.57 Å². The van der Waals surface area contributed by atoms with Crippen LogP contribution in [-0.2, 0) is 14.4 Å². The van der Waals surface area contributed by atoms with Crippen LogP contribution in [0.3, 0.4) is 0 Å². The van der Waals surface area contributed by atoms with E-state index in [2.05, 4.69) is 10.1 Å². The van der Waals surface area contributed by atoms with Crippen LogP contribution in [0.1, 0.15) is 30.9 Å². The number of piperidine rings is 1. The SMILES string of the molecule is CCOC(=O)[C@@H]1CCCN(CCO/N=C/c2ccccc2C)C1. The maximum atomic E-state index is 11.8. The summed E-state index contributed by atoms with van der Waals surface area (Å²) in [6.45, 7) is 7.40. The minimum Gasteiger partial charge on any atom is -0.466 e. The van der Waals surface area contributed by atoms with Crippen LogP contribution in [0.4, 0.5) is 0 Å². The van der Waals surface area contributed by atoms with Gasteiger partial charge in [-0.05, 0) is 44.4 Å². The number of rotatable bonds is 7. The number of carbonyl (C=O) groups is 1. The van der Waals surface area contributed by atoms with Crippen molar-refractivity contribution >= 4 is 12.2 Å². The Kier molecular flexibility index (Phi) is 7.07. The lowest BCUT2D eigenvalue weighted by Gasteiger charge is -2.30. The Morgan fingerprint density at radius 1 is 1.43 bits per heavy atom. The van der Waals surface area contributed by atoms with Gasteiger partial charge in [0.15, 0.2) is 0 Å². The van der Waals surface area contributed by atoms with E-state index in [9.17, 15) is 4.79 Å².